The lowest BCUT2D eigenvalue weighted by molar-refractivity contribution is 0.958. The zero-order valence-corrected chi connectivity index (χ0v) is 13.8. The highest BCUT2D eigenvalue weighted by Crippen LogP contribution is 2.41. The molecule has 3 aromatic heterocycles. The maximum Gasteiger partial charge on any atom is 0.142 e. The number of hydrogen-bond donors (Lipinski definition) is 0. The number of thiophene rings is 1. The van der Waals surface area contributed by atoms with Gasteiger partial charge in [-0.1, -0.05) is 24.3 Å². The Morgan fingerprint density at radius 1 is 1.12 bits per heavy atom. The van der Waals surface area contributed by atoms with E-state index >= 15 is 0 Å². The molecule has 0 N–H and O–H groups in total. The van der Waals surface area contributed by atoms with Gasteiger partial charge in [-0.25, -0.2) is 4.98 Å². The number of aromatic nitrogens is 3. The van der Waals surface area contributed by atoms with Crippen LogP contribution in [-0.2, 0) is 7.05 Å². The van der Waals surface area contributed by atoms with Crippen molar-refractivity contribution in [2.75, 3.05) is 0 Å². The highest BCUT2D eigenvalue weighted by Gasteiger charge is 2.16. The molecule has 0 amide bonds. The molecule has 0 aliphatic heterocycles. The lowest BCUT2D eigenvalue weighted by Gasteiger charge is -2.06. The van der Waals surface area contributed by atoms with Crippen LogP contribution in [0, 0.1) is 6.85 Å². The predicted octanol–water partition coefficient (Wildman–Crippen LogP) is 5.31. The standard InChI is InChI=1S/C20H15N3S/c1-12-7-8-14(19-18(12)13-5-3-4-6-17(13)24-19)20-22-15-9-10-21-11-16(15)23(20)2/h3-11H,1-2H3/i1D3. The van der Waals surface area contributed by atoms with E-state index in [4.69, 9.17) is 9.10 Å². The van der Waals surface area contributed by atoms with Gasteiger partial charge in [0.1, 0.15) is 5.82 Å². The summed E-state index contributed by atoms with van der Waals surface area (Å²) in [6, 6.07) is 13.4. The molecule has 0 atom stereocenters. The Kier molecular flexibility index (Phi) is 2.23. The lowest BCUT2D eigenvalue weighted by Crippen LogP contribution is -1.93. The molecule has 116 valence electrons. The van der Waals surface area contributed by atoms with E-state index in [1.807, 2.05) is 48.0 Å². The Labute approximate surface area is 147 Å². The minimum atomic E-state index is -2.17. The number of rotatable bonds is 1. The van der Waals surface area contributed by atoms with Gasteiger partial charge in [-0.3, -0.25) is 4.98 Å². The van der Waals surface area contributed by atoms with E-state index < -0.39 is 6.85 Å². The Morgan fingerprint density at radius 3 is 2.92 bits per heavy atom. The maximum absolute atomic E-state index is 7.98. The van der Waals surface area contributed by atoms with Gasteiger partial charge in [0.2, 0.25) is 0 Å². The Bertz CT molecular complexity index is 1330. The molecule has 5 rings (SSSR count). The van der Waals surface area contributed by atoms with Crippen LogP contribution in [0.2, 0.25) is 0 Å². The van der Waals surface area contributed by atoms with Crippen molar-refractivity contribution in [3.8, 4) is 11.4 Å². The van der Waals surface area contributed by atoms with E-state index in [2.05, 4.69) is 4.98 Å². The molecule has 0 spiro atoms. The van der Waals surface area contributed by atoms with Crippen molar-refractivity contribution in [2.45, 2.75) is 6.85 Å². The smallest absolute Gasteiger partial charge is 0.142 e. The van der Waals surface area contributed by atoms with Crippen LogP contribution in [0.5, 0.6) is 0 Å². The summed E-state index contributed by atoms with van der Waals surface area (Å²) < 4.78 is 28.0. The number of nitrogens with zero attached hydrogens (tertiary/aromatic N) is 3. The minimum absolute atomic E-state index is 0.388. The monoisotopic (exact) mass is 332 g/mol. The normalized spacial score (nSPS) is 14.1. The zero-order chi connectivity index (χ0) is 18.8. The third kappa shape index (κ3) is 1.77. The van der Waals surface area contributed by atoms with Crippen LogP contribution in [0.25, 0.3) is 42.6 Å². The van der Waals surface area contributed by atoms with E-state index in [0.29, 0.717) is 5.56 Å². The predicted molar refractivity (Wildman–Crippen MR) is 102 cm³/mol. The molecule has 0 aliphatic rings. The van der Waals surface area contributed by atoms with Crippen molar-refractivity contribution in [2.24, 2.45) is 7.05 Å². The SMILES string of the molecule is [2H]C([2H])([2H])c1ccc(-c2nc3ccncc3n2C)c2sc3ccccc3c12. The molecule has 0 saturated carbocycles. The van der Waals surface area contributed by atoms with E-state index in [0.717, 1.165) is 42.6 Å². The van der Waals surface area contributed by atoms with Gasteiger partial charge in [0, 0.05) is 43.1 Å². The van der Waals surface area contributed by atoms with Crippen molar-refractivity contribution < 1.29 is 4.11 Å². The van der Waals surface area contributed by atoms with Crippen molar-refractivity contribution in [1.29, 1.82) is 0 Å². The van der Waals surface area contributed by atoms with Gasteiger partial charge in [0.15, 0.2) is 0 Å². The van der Waals surface area contributed by atoms with Crippen molar-refractivity contribution in [3.63, 3.8) is 0 Å². The number of hydrogen-bond acceptors (Lipinski definition) is 3. The summed E-state index contributed by atoms with van der Waals surface area (Å²) in [5.41, 5.74) is 3.15. The molecule has 0 aliphatic carbocycles. The van der Waals surface area contributed by atoms with E-state index in [-0.39, 0.29) is 0 Å². The van der Waals surface area contributed by atoms with Crippen LogP contribution in [0.15, 0.2) is 54.9 Å². The van der Waals surface area contributed by atoms with Gasteiger partial charge in [-0.2, -0.15) is 0 Å². The first-order valence-corrected chi connectivity index (χ1v) is 8.48. The second-order valence-electron chi connectivity index (χ2n) is 5.82. The summed E-state index contributed by atoms with van der Waals surface area (Å²) in [5.74, 6) is 0.812. The van der Waals surface area contributed by atoms with Gasteiger partial charge in [-0.05, 0) is 30.6 Å². The van der Waals surface area contributed by atoms with Gasteiger partial charge < -0.3 is 4.57 Å². The number of fused-ring (bicyclic) bond motifs is 4. The number of imidazole rings is 1. The number of pyridine rings is 1. The third-order valence-corrected chi connectivity index (χ3v) is 5.65. The molecule has 3 nitrogen and oxygen atoms in total. The average Bonchev–Trinajstić information content (AvgIpc) is 3.19. The first kappa shape index (κ1) is 10.9. The molecule has 0 bridgehead atoms. The number of aryl methyl sites for hydroxylation is 2. The first-order valence-electron chi connectivity index (χ1n) is 9.17. The second-order valence-corrected chi connectivity index (χ2v) is 6.87. The van der Waals surface area contributed by atoms with Gasteiger partial charge >= 0.3 is 0 Å². The third-order valence-electron chi connectivity index (χ3n) is 4.45. The van der Waals surface area contributed by atoms with E-state index in [1.54, 1.807) is 29.8 Å². The fourth-order valence-corrected chi connectivity index (χ4v) is 4.52. The minimum Gasteiger partial charge on any atom is -0.326 e. The quantitative estimate of drug-likeness (QED) is 0.416. The first-order chi connectivity index (χ1) is 12.9. The molecule has 0 unspecified atom stereocenters. The Balaban J connectivity index is 1.93. The summed E-state index contributed by atoms with van der Waals surface area (Å²) in [7, 11) is 1.96. The van der Waals surface area contributed by atoms with Crippen LogP contribution >= 0.6 is 11.3 Å². The van der Waals surface area contributed by atoms with Crippen LogP contribution in [-0.4, -0.2) is 14.5 Å². The summed E-state index contributed by atoms with van der Waals surface area (Å²) in [4.78, 5) is 8.98. The highest BCUT2D eigenvalue weighted by molar-refractivity contribution is 7.26. The van der Waals surface area contributed by atoms with Crippen LogP contribution in [0.4, 0.5) is 0 Å². The zero-order valence-electron chi connectivity index (χ0n) is 15.9. The van der Waals surface area contributed by atoms with Gasteiger partial charge in [0.25, 0.3) is 0 Å². The molecular weight excluding hydrogens is 314 g/mol. The molecule has 4 heteroatoms. The molecule has 0 fully saturated rings. The summed E-state index contributed by atoms with van der Waals surface area (Å²) in [6.07, 6.45) is 3.52. The molecule has 24 heavy (non-hydrogen) atoms. The van der Waals surface area contributed by atoms with Crippen molar-refractivity contribution in [1.82, 2.24) is 14.5 Å². The molecule has 0 saturated heterocycles. The topological polar surface area (TPSA) is 30.7 Å². The van der Waals surface area contributed by atoms with Gasteiger partial charge in [0.05, 0.1) is 17.2 Å². The van der Waals surface area contributed by atoms with E-state index in [9.17, 15) is 0 Å². The highest BCUT2D eigenvalue weighted by atomic mass is 32.1. The molecule has 3 heterocycles. The Morgan fingerprint density at radius 2 is 2.04 bits per heavy atom. The van der Waals surface area contributed by atoms with E-state index in [1.165, 1.54) is 0 Å². The molecule has 5 aromatic rings. The summed E-state index contributed by atoms with van der Waals surface area (Å²) in [5, 5.41) is 1.78. The summed E-state index contributed by atoms with van der Waals surface area (Å²) in [6.45, 7) is -2.17. The maximum atomic E-state index is 7.98. The summed E-state index contributed by atoms with van der Waals surface area (Å²) >= 11 is 1.61. The van der Waals surface area contributed by atoms with Crippen LogP contribution in [0.3, 0.4) is 0 Å². The molecule has 2 aromatic carbocycles. The largest absolute Gasteiger partial charge is 0.326 e. The number of benzene rings is 2. The van der Waals surface area contributed by atoms with Crippen molar-refractivity contribution >= 4 is 42.5 Å². The van der Waals surface area contributed by atoms with Crippen LogP contribution in [0.1, 0.15) is 9.68 Å². The fourth-order valence-electron chi connectivity index (χ4n) is 3.28. The van der Waals surface area contributed by atoms with Crippen molar-refractivity contribution in [3.05, 3.63) is 60.4 Å². The Hall–Kier alpha value is -2.72. The second kappa shape index (κ2) is 4.89. The molecular formula is C20H15N3S. The molecule has 0 radical (unpaired) electrons. The lowest BCUT2D eigenvalue weighted by atomic mass is 10.0. The van der Waals surface area contributed by atoms with Gasteiger partial charge in [-0.15, -0.1) is 11.3 Å². The van der Waals surface area contributed by atoms with Crippen LogP contribution < -0.4 is 0 Å². The average molecular weight is 332 g/mol. The fraction of sp³-hybridized carbons (Fsp3) is 0.100.